The molecule has 3 aromatic rings. The molecule has 1 heterocycles. The van der Waals surface area contributed by atoms with E-state index in [-0.39, 0.29) is 0 Å². The summed E-state index contributed by atoms with van der Waals surface area (Å²) in [7, 11) is 0. The molecule has 0 bridgehead atoms. The highest BCUT2D eigenvalue weighted by Gasteiger charge is 2.33. The van der Waals surface area contributed by atoms with Crippen LogP contribution in [0.25, 0.3) is 0 Å². The summed E-state index contributed by atoms with van der Waals surface area (Å²) in [6, 6.07) is 14.0. The molecule has 5 nitrogen and oxygen atoms in total. The molecule has 0 amide bonds. The van der Waals surface area contributed by atoms with E-state index in [0.717, 1.165) is 34.2 Å². The van der Waals surface area contributed by atoms with Crippen molar-refractivity contribution in [2.45, 2.75) is 85.0 Å². The molecule has 0 spiro atoms. The molecule has 2 aromatic carbocycles. The Morgan fingerprint density at radius 2 is 1.67 bits per heavy atom. The van der Waals surface area contributed by atoms with Gasteiger partial charge in [-0.1, -0.05) is 49.6 Å². The Bertz CT molecular complexity index is 1170. The fourth-order valence-electron chi connectivity index (χ4n) is 5.20. The Labute approximate surface area is 214 Å². The predicted molar refractivity (Wildman–Crippen MR) is 142 cm³/mol. The minimum Gasteiger partial charge on any atom is -0.493 e. The fourth-order valence-corrected chi connectivity index (χ4v) is 5.20. The first kappa shape index (κ1) is 26.0. The molecule has 0 saturated heterocycles. The molecule has 1 aliphatic rings. The molecule has 4 rings (SSSR count). The molecule has 0 radical (unpaired) electrons. The molecule has 1 aromatic heterocycles. The Morgan fingerprint density at radius 1 is 1.00 bits per heavy atom. The third-order valence-corrected chi connectivity index (χ3v) is 7.67. The largest absolute Gasteiger partial charge is 0.493 e. The quantitative estimate of drug-likeness (QED) is 0.327. The first-order chi connectivity index (χ1) is 17.2. The van der Waals surface area contributed by atoms with Crippen molar-refractivity contribution in [1.29, 1.82) is 0 Å². The van der Waals surface area contributed by atoms with Crippen molar-refractivity contribution in [3.63, 3.8) is 0 Å². The molecular weight excluding hydrogens is 450 g/mol. The van der Waals surface area contributed by atoms with Gasteiger partial charge in [-0.2, -0.15) is 0 Å². The van der Waals surface area contributed by atoms with Gasteiger partial charge in [0.1, 0.15) is 11.5 Å². The van der Waals surface area contributed by atoms with Crippen LogP contribution >= 0.6 is 0 Å². The summed E-state index contributed by atoms with van der Waals surface area (Å²) in [5.74, 6) is 2.25. The molecule has 36 heavy (non-hydrogen) atoms. The van der Waals surface area contributed by atoms with Gasteiger partial charge in [-0.05, 0) is 87.8 Å². The SMILES string of the molecule is Cc1ccc(CC(C)(Cc2ccc(OCCc3nc(C4CCCCC4)oc3C)cc2)C(=O)O)cc1C. The second kappa shape index (κ2) is 11.3. The second-order valence-corrected chi connectivity index (χ2v) is 10.8. The number of ether oxygens (including phenoxy) is 1. The first-order valence-electron chi connectivity index (χ1n) is 13.2. The monoisotopic (exact) mass is 489 g/mol. The predicted octanol–water partition coefficient (Wildman–Crippen LogP) is 7.15. The Kier molecular flexibility index (Phi) is 8.17. The topological polar surface area (TPSA) is 72.6 Å². The van der Waals surface area contributed by atoms with Gasteiger partial charge in [-0.15, -0.1) is 0 Å². The molecule has 1 atom stereocenters. The van der Waals surface area contributed by atoms with Crippen molar-refractivity contribution in [3.05, 3.63) is 82.1 Å². The number of aromatic nitrogens is 1. The lowest BCUT2D eigenvalue weighted by Crippen LogP contribution is -2.32. The molecule has 1 unspecified atom stereocenters. The number of hydrogen-bond acceptors (Lipinski definition) is 4. The molecule has 1 fully saturated rings. The summed E-state index contributed by atoms with van der Waals surface area (Å²) in [5.41, 5.74) is 4.54. The van der Waals surface area contributed by atoms with Gasteiger partial charge in [-0.25, -0.2) is 4.98 Å². The summed E-state index contributed by atoms with van der Waals surface area (Å²) < 4.78 is 12.0. The third-order valence-electron chi connectivity index (χ3n) is 7.67. The highest BCUT2D eigenvalue weighted by molar-refractivity contribution is 5.75. The Morgan fingerprint density at radius 3 is 2.33 bits per heavy atom. The summed E-state index contributed by atoms with van der Waals surface area (Å²) in [5, 5.41) is 10.0. The summed E-state index contributed by atoms with van der Waals surface area (Å²) in [4.78, 5) is 17.0. The number of rotatable bonds is 10. The maximum atomic E-state index is 12.2. The number of oxazole rings is 1. The van der Waals surface area contributed by atoms with Gasteiger partial charge < -0.3 is 14.3 Å². The average molecular weight is 490 g/mol. The maximum absolute atomic E-state index is 12.2. The molecule has 1 aliphatic carbocycles. The van der Waals surface area contributed by atoms with Crippen molar-refractivity contribution in [2.24, 2.45) is 5.41 Å². The fraction of sp³-hybridized carbons (Fsp3) is 0.484. The van der Waals surface area contributed by atoms with Crippen LogP contribution < -0.4 is 4.74 Å². The molecule has 5 heteroatoms. The number of nitrogens with zero attached hydrogens (tertiary/aromatic N) is 1. The zero-order valence-corrected chi connectivity index (χ0v) is 22.1. The molecule has 192 valence electrons. The van der Waals surface area contributed by atoms with Crippen molar-refractivity contribution in [2.75, 3.05) is 6.61 Å². The van der Waals surface area contributed by atoms with E-state index >= 15 is 0 Å². The van der Waals surface area contributed by atoms with Crippen LogP contribution in [-0.4, -0.2) is 22.7 Å². The Hall–Kier alpha value is -3.08. The zero-order chi connectivity index (χ0) is 25.7. The highest BCUT2D eigenvalue weighted by atomic mass is 16.5. The summed E-state index contributed by atoms with van der Waals surface area (Å²) in [6.45, 7) is 8.48. The number of aryl methyl sites for hydroxylation is 3. The van der Waals surface area contributed by atoms with E-state index in [2.05, 4.69) is 26.0 Å². The van der Waals surface area contributed by atoms with Crippen molar-refractivity contribution < 1.29 is 19.1 Å². The number of carbonyl (C=O) groups is 1. The van der Waals surface area contributed by atoms with E-state index in [4.69, 9.17) is 14.1 Å². The van der Waals surface area contributed by atoms with Gasteiger partial charge in [0.05, 0.1) is 17.7 Å². The number of carboxylic acid groups (broad SMARTS) is 1. The lowest BCUT2D eigenvalue weighted by molar-refractivity contribution is -0.147. The number of hydrogen-bond donors (Lipinski definition) is 1. The van der Waals surface area contributed by atoms with Gasteiger partial charge in [-0.3, -0.25) is 4.79 Å². The zero-order valence-electron chi connectivity index (χ0n) is 22.1. The number of aliphatic carboxylic acids is 1. The third kappa shape index (κ3) is 6.37. The lowest BCUT2D eigenvalue weighted by Gasteiger charge is -2.25. The van der Waals surface area contributed by atoms with E-state index in [1.807, 2.05) is 44.2 Å². The van der Waals surface area contributed by atoms with Crippen LogP contribution in [0.3, 0.4) is 0 Å². The smallest absolute Gasteiger partial charge is 0.310 e. The molecule has 0 aliphatic heterocycles. The van der Waals surface area contributed by atoms with E-state index in [9.17, 15) is 9.90 Å². The normalized spacial score (nSPS) is 16.0. The van der Waals surface area contributed by atoms with Gasteiger partial charge in [0.2, 0.25) is 0 Å². The maximum Gasteiger partial charge on any atom is 0.310 e. The minimum atomic E-state index is -0.884. The standard InChI is InChI=1S/C31H39NO4/c1-21-10-11-25(18-22(21)2)20-31(4,30(33)34)19-24-12-14-27(15-13-24)35-17-16-28-23(3)36-29(32-28)26-8-6-5-7-9-26/h10-15,18,26H,5-9,16-17,19-20H2,1-4H3,(H,33,34). The van der Waals surface area contributed by atoms with Crippen LogP contribution in [0.15, 0.2) is 46.9 Å². The molecular formula is C31H39NO4. The molecule has 1 saturated carbocycles. The summed E-state index contributed by atoms with van der Waals surface area (Å²) in [6.07, 6.45) is 7.84. The van der Waals surface area contributed by atoms with Crippen molar-refractivity contribution in [1.82, 2.24) is 4.98 Å². The minimum absolute atomic E-state index is 0.456. The Balaban J connectivity index is 1.33. The van der Waals surface area contributed by atoms with E-state index in [1.165, 1.54) is 43.2 Å². The van der Waals surface area contributed by atoms with Crippen LogP contribution in [0.4, 0.5) is 0 Å². The van der Waals surface area contributed by atoms with Crippen LogP contribution in [0.1, 0.15) is 84.5 Å². The van der Waals surface area contributed by atoms with Crippen molar-refractivity contribution >= 4 is 5.97 Å². The van der Waals surface area contributed by atoms with Gasteiger partial charge in [0.15, 0.2) is 5.89 Å². The van der Waals surface area contributed by atoms with E-state index in [0.29, 0.717) is 31.8 Å². The van der Waals surface area contributed by atoms with E-state index in [1.54, 1.807) is 0 Å². The van der Waals surface area contributed by atoms with Crippen LogP contribution in [0, 0.1) is 26.2 Å². The number of benzene rings is 2. The van der Waals surface area contributed by atoms with Crippen molar-refractivity contribution in [3.8, 4) is 5.75 Å². The van der Waals surface area contributed by atoms with Crippen LogP contribution in [0.2, 0.25) is 0 Å². The van der Waals surface area contributed by atoms with Gasteiger partial charge in [0.25, 0.3) is 0 Å². The summed E-state index contributed by atoms with van der Waals surface area (Å²) >= 11 is 0. The second-order valence-electron chi connectivity index (χ2n) is 10.8. The molecule has 1 N–H and O–H groups in total. The lowest BCUT2D eigenvalue weighted by atomic mass is 9.78. The van der Waals surface area contributed by atoms with Crippen LogP contribution in [0.5, 0.6) is 5.75 Å². The average Bonchev–Trinajstić information content (AvgIpc) is 3.23. The number of carboxylic acids is 1. The first-order valence-corrected chi connectivity index (χ1v) is 13.2. The highest BCUT2D eigenvalue weighted by Crippen LogP contribution is 2.33. The van der Waals surface area contributed by atoms with Gasteiger partial charge in [0, 0.05) is 12.3 Å². The van der Waals surface area contributed by atoms with Crippen LogP contribution in [-0.2, 0) is 24.1 Å². The van der Waals surface area contributed by atoms with Gasteiger partial charge >= 0.3 is 5.97 Å². The van der Waals surface area contributed by atoms with E-state index < -0.39 is 11.4 Å².